The zero-order valence-corrected chi connectivity index (χ0v) is 52.2. The third-order valence-electron chi connectivity index (χ3n) is 17.1. The predicted octanol–water partition coefficient (Wildman–Crippen LogP) is 18.7. The van der Waals surface area contributed by atoms with E-state index in [0.717, 1.165) is 94.9 Å². The summed E-state index contributed by atoms with van der Waals surface area (Å²) >= 11 is 0. The van der Waals surface area contributed by atoms with Crippen molar-refractivity contribution >= 4 is 23.6 Å². The number of hydrogen-bond acceptors (Lipinski definition) is 4. The zero-order valence-electron chi connectivity index (χ0n) is 52.2. The van der Waals surface area contributed by atoms with Crippen LogP contribution in [0.25, 0.3) is 0 Å². The van der Waals surface area contributed by atoms with Crippen LogP contribution in [0.3, 0.4) is 0 Å². The highest BCUT2D eigenvalue weighted by Crippen LogP contribution is 2.21. The highest BCUT2D eigenvalue weighted by molar-refractivity contribution is 5.78. The molecule has 9 heteroatoms. The van der Waals surface area contributed by atoms with Crippen LogP contribution >= 0.6 is 0 Å². The molecule has 1 aliphatic rings. The van der Waals surface area contributed by atoms with Crippen LogP contribution in [0.4, 0.5) is 0 Å². The van der Waals surface area contributed by atoms with Crippen molar-refractivity contribution < 1.29 is 23.7 Å². The van der Waals surface area contributed by atoms with Gasteiger partial charge in [0, 0.05) is 71.1 Å². The second-order valence-electron chi connectivity index (χ2n) is 24.6. The number of likely N-dealkylation sites (tertiary alicyclic amines) is 1. The molecule has 0 saturated carbocycles. The fourth-order valence-electron chi connectivity index (χ4n) is 11.9. The van der Waals surface area contributed by atoms with Crippen LogP contribution in [-0.4, -0.2) is 85.5 Å². The molecule has 0 aromatic heterocycles. The van der Waals surface area contributed by atoms with Gasteiger partial charge in [-0.15, -0.1) is 0 Å². The summed E-state index contributed by atoms with van der Waals surface area (Å²) in [4.78, 5) is 54.1. The minimum Gasteiger partial charge on any atom is -0.356 e. The molecule has 0 aromatic carbocycles. The van der Waals surface area contributed by atoms with Crippen LogP contribution in [0.1, 0.15) is 361 Å². The van der Waals surface area contributed by atoms with E-state index in [1.54, 1.807) is 0 Å². The fraction of sp³-hybridized carbons (Fsp3) is 0.941. The van der Waals surface area contributed by atoms with Gasteiger partial charge >= 0.3 is 0 Å². The van der Waals surface area contributed by atoms with E-state index in [1.807, 2.05) is 0 Å². The molecule has 4 amide bonds. The lowest BCUT2D eigenvalue weighted by atomic mass is 10.0. The Balaban J connectivity index is 2.53. The van der Waals surface area contributed by atoms with E-state index in [0.29, 0.717) is 52.0 Å². The van der Waals surface area contributed by atoms with Crippen molar-refractivity contribution in [3.63, 3.8) is 0 Å². The van der Waals surface area contributed by atoms with Crippen molar-refractivity contribution in [2.75, 3.05) is 52.5 Å². The summed E-state index contributed by atoms with van der Waals surface area (Å²) in [7, 11) is 0. The number of carbonyl (C=O) groups excluding carboxylic acids is 4. The smallest absolute Gasteiger partial charge is 0.226 e. The Hall–Kier alpha value is -2.16. The third kappa shape index (κ3) is 49.4. The molecule has 0 atom stereocenters. The Kier molecular flexibility index (Phi) is 54.0. The number of rotatable bonds is 62. The quantitative estimate of drug-likeness (QED) is 0.0416. The van der Waals surface area contributed by atoms with Gasteiger partial charge in [-0.3, -0.25) is 24.1 Å². The summed E-state index contributed by atoms with van der Waals surface area (Å²) in [5.41, 5.74) is 0. The van der Waals surface area contributed by atoms with Crippen LogP contribution in [0, 0.1) is 0 Å². The molecule has 0 bridgehead atoms. The lowest BCUT2D eigenvalue weighted by Gasteiger charge is -2.41. The Labute approximate surface area is 479 Å². The highest BCUT2D eigenvalue weighted by Gasteiger charge is 2.33. The molecular weight excluding hydrogens is 951 g/mol. The van der Waals surface area contributed by atoms with Gasteiger partial charge in [-0.1, -0.05) is 290 Å². The van der Waals surface area contributed by atoms with Gasteiger partial charge in [0.15, 0.2) is 6.67 Å². The van der Waals surface area contributed by atoms with Gasteiger partial charge < -0.3 is 20.4 Å². The third-order valence-corrected chi connectivity index (χ3v) is 17.1. The molecule has 454 valence electrons. The predicted molar refractivity (Wildman–Crippen MR) is 332 cm³/mol. The maximum Gasteiger partial charge on any atom is 0.226 e. The number of quaternary nitrogens is 1. The number of nitrogens with zero attached hydrogens (tertiary/aromatic N) is 2. The molecule has 1 rings (SSSR count). The molecule has 0 radical (unpaired) electrons. The lowest BCUT2D eigenvalue weighted by molar-refractivity contribution is -0.936. The van der Waals surface area contributed by atoms with E-state index in [9.17, 15) is 19.2 Å². The first-order valence-corrected chi connectivity index (χ1v) is 34.8. The first kappa shape index (κ1) is 72.9. The van der Waals surface area contributed by atoms with Crippen LogP contribution in [0.5, 0.6) is 0 Å². The molecule has 3 N–H and O–H groups in total. The van der Waals surface area contributed by atoms with Crippen LogP contribution in [0.15, 0.2) is 0 Å². The molecule has 0 unspecified atom stereocenters. The lowest BCUT2D eigenvalue weighted by Crippen LogP contribution is -2.57. The Morgan fingerprint density at radius 1 is 0.338 bits per heavy atom. The Morgan fingerprint density at radius 2 is 0.558 bits per heavy atom. The van der Waals surface area contributed by atoms with Crippen molar-refractivity contribution in [1.82, 2.24) is 20.9 Å². The number of carbonyl (C=O) groups is 4. The van der Waals surface area contributed by atoms with E-state index < -0.39 is 0 Å². The maximum atomic E-state index is 13.1. The molecule has 77 heavy (non-hydrogen) atoms. The number of amides is 4. The molecule has 1 saturated heterocycles. The standard InChI is InChI=1S/C68H133N5O4/c1-4-7-10-13-16-19-22-25-28-31-34-37-40-43-46-53-65(74)69-57-50-61-73(64-72-60-49-56-68(72)77,62-51-58-70-66(75)54-47-44-41-38-35-32-29-26-23-20-17-14-11-8-5-2)63-52-59-71-67(76)55-48-45-42-39-36-33-30-27-24-21-18-15-12-9-6-3/h4-64H2,1-3H3,(H2-,69,70,71,74,75,76)/p+1. The first-order chi connectivity index (χ1) is 37.9. The van der Waals surface area contributed by atoms with Crippen molar-refractivity contribution in [1.29, 1.82) is 0 Å². The van der Waals surface area contributed by atoms with Gasteiger partial charge in [-0.2, -0.15) is 0 Å². The molecule has 9 nitrogen and oxygen atoms in total. The largest absolute Gasteiger partial charge is 0.356 e. The Bertz CT molecular complexity index is 1180. The van der Waals surface area contributed by atoms with Crippen LogP contribution < -0.4 is 16.0 Å². The SMILES string of the molecule is CCCCCCCCCCCCCCCCCC(=O)NCCC[N+](CCCNC(=O)CCCCCCCCCCCCCCCCC)(CCCNC(=O)CCCCCCCCCCCCCCCCC)CN1CCCC1=O. The van der Waals surface area contributed by atoms with E-state index in [1.165, 1.54) is 250 Å². The van der Waals surface area contributed by atoms with Gasteiger partial charge in [0.1, 0.15) is 0 Å². The van der Waals surface area contributed by atoms with Gasteiger partial charge in [0.25, 0.3) is 0 Å². The number of nitrogens with one attached hydrogen (secondary N) is 3. The molecule has 1 fully saturated rings. The van der Waals surface area contributed by atoms with Crippen LogP contribution in [-0.2, 0) is 19.2 Å². The average Bonchev–Trinajstić information content (AvgIpc) is 3.83. The van der Waals surface area contributed by atoms with Crippen molar-refractivity contribution in [3.05, 3.63) is 0 Å². The molecule has 0 spiro atoms. The minimum atomic E-state index is 0.154. The van der Waals surface area contributed by atoms with E-state index in [-0.39, 0.29) is 23.6 Å². The Morgan fingerprint density at radius 3 is 0.766 bits per heavy atom. The van der Waals surface area contributed by atoms with Crippen molar-refractivity contribution in [2.24, 2.45) is 0 Å². The van der Waals surface area contributed by atoms with Gasteiger partial charge in [0.05, 0.1) is 19.6 Å². The van der Waals surface area contributed by atoms with E-state index in [2.05, 4.69) is 41.6 Å². The van der Waals surface area contributed by atoms with E-state index in [4.69, 9.17) is 0 Å². The number of hydrogen-bond donors (Lipinski definition) is 3. The zero-order chi connectivity index (χ0) is 55.6. The molecule has 1 aliphatic heterocycles. The summed E-state index contributed by atoms with van der Waals surface area (Å²) in [6.07, 6.45) is 65.2. The first-order valence-electron chi connectivity index (χ1n) is 34.8. The summed E-state index contributed by atoms with van der Waals surface area (Å²) in [6.45, 7) is 12.8. The molecule has 0 aliphatic carbocycles. The van der Waals surface area contributed by atoms with Crippen molar-refractivity contribution in [3.8, 4) is 0 Å². The molecular formula is C68H134N5O4+. The second kappa shape index (κ2) is 57.1. The second-order valence-corrected chi connectivity index (χ2v) is 24.6. The average molecular weight is 1090 g/mol. The molecule has 1 heterocycles. The van der Waals surface area contributed by atoms with E-state index >= 15 is 0 Å². The molecule has 0 aromatic rings. The van der Waals surface area contributed by atoms with Crippen LogP contribution in [0.2, 0.25) is 0 Å². The van der Waals surface area contributed by atoms with Gasteiger partial charge in [-0.05, 0) is 25.7 Å². The topological polar surface area (TPSA) is 108 Å². The fourth-order valence-corrected chi connectivity index (χ4v) is 11.9. The van der Waals surface area contributed by atoms with Crippen molar-refractivity contribution in [2.45, 2.75) is 361 Å². The van der Waals surface area contributed by atoms with Gasteiger partial charge in [-0.25, -0.2) is 0 Å². The summed E-state index contributed by atoms with van der Waals surface area (Å²) in [5, 5.41) is 9.71. The summed E-state index contributed by atoms with van der Waals surface area (Å²) < 4.78 is 0.741. The highest BCUT2D eigenvalue weighted by atomic mass is 16.2. The summed E-state index contributed by atoms with van der Waals surface area (Å²) in [5.74, 6) is 0.696. The maximum absolute atomic E-state index is 13.1. The monoisotopic (exact) mass is 1090 g/mol. The summed E-state index contributed by atoms with van der Waals surface area (Å²) in [6, 6.07) is 0. The number of unbranched alkanes of at least 4 members (excludes halogenated alkanes) is 42. The minimum absolute atomic E-state index is 0.154. The van der Waals surface area contributed by atoms with Gasteiger partial charge in [0.2, 0.25) is 23.6 Å². The normalized spacial score (nSPS) is 12.8.